The van der Waals surface area contributed by atoms with Crippen LogP contribution >= 0.6 is 15.9 Å². The summed E-state index contributed by atoms with van der Waals surface area (Å²) in [5.41, 5.74) is 3.00. The number of aromatic nitrogens is 3. The molecular formula is C30H21BrN4O3S. The number of fused-ring (bicyclic) bond motifs is 2. The highest BCUT2D eigenvalue weighted by molar-refractivity contribution is 9.10. The standard InChI is InChI=1S/C30H21BrN4O3S/c31-22-13-9-12-21(18-22)30(36)34-29-27(39(37,38)23-14-5-2-6-15-23)26-28(33-25-17-8-7-16-24(25)32-26)35(29)19-20-10-3-1-4-11-20/h1-18H,19H2,(H,34,36). The molecule has 9 heteroatoms. The zero-order valence-electron chi connectivity index (χ0n) is 20.5. The Morgan fingerprint density at radius 1 is 0.795 bits per heavy atom. The molecule has 39 heavy (non-hydrogen) atoms. The second-order valence-corrected chi connectivity index (χ2v) is 11.7. The summed E-state index contributed by atoms with van der Waals surface area (Å²) in [4.78, 5) is 23.1. The first-order chi connectivity index (χ1) is 18.9. The fraction of sp³-hybridized carbons (Fsp3) is 0.0333. The lowest BCUT2D eigenvalue weighted by atomic mass is 10.2. The van der Waals surface area contributed by atoms with E-state index in [4.69, 9.17) is 9.97 Å². The van der Waals surface area contributed by atoms with Crippen molar-refractivity contribution in [3.63, 3.8) is 0 Å². The summed E-state index contributed by atoms with van der Waals surface area (Å²) in [7, 11) is -4.12. The minimum atomic E-state index is -4.12. The SMILES string of the molecule is O=C(Nc1c(S(=O)(=O)c2ccccc2)c2nc3ccccc3nc2n1Cc1ccccc1)c1cccc(Br)c1. The lowest BCUT2D eigenvalue weighted by Crippen LogP contribution is -2.18. The van der Waals surface area contributed by atoms with Gasteiger partial charge < -0.3 is 9.88 Å². The predicted molar refractivity (Wildman–Crippen MR) is 155 cm³/mol. The number of para-hydroxylation sites is 2. The van der Waals surface area contributed by atoms with Gasteiger partial charge in [0.05, 0.1) is 22.5 Å². The van der Waals surface area contributed by atoms with Gasteiger partial charge in [-0.15, -0.1) is 0 Å². The number of nitrogens with zero attached hydrogens (tertiary/aromatic N) is 3. The molecule has 0 fully saturated rings. The van der Waals surface area contributed by atoms with E-state index in [1.54, 1.807) is 47.0 Å². The molecule has 2 aromatic heterocycles. The summed E-state index contributed by atoms with van der Waals surface area (Å²) in [6, 6.07) is 31.9. The quantitative estimate of drug-likeness (QED) is 0.237. The van der Waals surface area contributed by atoms with E-state index in [0.29, 0.717) is 22.2 Å². The number of rotatable bonds is 6. The summed E-state index contributed by atoms with van der Waals surface area (Å²) < 4.78 is 30.9. The van der Waals surface area contributed by atoms with Crippen LogP contribution in [0.5, 0.6) is 0 Å². The van der Waals surface area contributed by atoms with Crippen LogP contribution in [0.3, 0.4) is 0 Å². The molecule has 0 spiro atoms. The van der Waals surface area contributed by atoms with Gasteiger partial charge in [0.1, 0.15) is 16.2 Å². The number of hydrogen-bond acceptors (Lipinski definition) is 5. The van der Waals surface area contributed by atoms with E-state index in [1.807, 2.05) is 54.6 Å². The average molecular weight is 597 g/mol. The van der Waals surface area contributed by atoms with Gasteiger partial charge in [-0.2, -0.15) is 0 Å². The minimum Gasteiger partial charge on any atom is -0.307 e. The van der Waals surface area contributed by atoms with Gasteiger partial charge in [0.15, 0.2) is 5.65 Å². The van der Waals surface area contributed by atoms with Crippen LogP contribution in [0.15, 0.2) is 123 Å². The lowest BCUT2D eigenvalue weighted by molar-refractivity contribution is 0.102. The number of hydrogen-bond donors (Lipinski definition) is 1. The topological polar surface area (TPSA) is 93.9 Å². The number of anilines is 1. The van der Waals surface area contributed by atoms with Crippen LogP contribution in [0, 0.1) is 0 Å². The van der Waals surface area contributed by atoms with E-state index in [9.17, 15) is 13.2 Å². The molecule has 0 unspecified atom stereocenters. The van der Waals surface area contributed by atoms with E-state index in [1.165, 1.54) is 12.1 Å². The van der Waals surface area contributed by atoms with Crippen molar-refractivity contribution in [1.82, 2.24) is 14.5 Å². The molecule has 0 bridgehead atoms. The van der Waals surface area contributed by atoms with E-state index in [2.05, 4.69) is 21.2 Å². The maximum Gasteiger partial charge on any atom is 0.256 e. The highest BCUT2D eigenvalue weighted by Gasteiger charge is 2.32. The first kappa shape index (κ1) is 25.0. The lowest BCUT2D eigenvalue weighted by Gasteiger charge is -2.14. The molecule has 0 atom stereocenters. The summed E-state index contributed by atoms with van der Waals surface area (Å²) in [5.74, 6) is -0.347. The number of benzene rings is 4. The second-order valence-electron chi connectivity index (χ2n) is 8.91. The number of amides is 1. The molecule has 6 rings (SSSR count). The smallest absolute Gasteiger partial charge is 0.256 e. The Morgan fingerprint density at radius 2 is 1.44 bits per heavy atom. The van der Waals surface area contributed by atoms with Crippen molar-refractivity contribution in [2.45, 2.75) is 16.3 Å². The average Bonchev–Trinajstić information content (AvgIpc) is 3.24. The van der Waals surface area contributed by atoms with Crippen molar-refractivity contribution in [1.29, 1.82) is 0 Å². The zero-order chi connectivity index (χ0) is 27.0. The number of sulfone groups is 1. The first-order valence-corrected chi connectivity index (χ1v) is 14.4. The van der Waals surface area contributed by atoms with E-state index in [-0.39, 0.29) is 27.7 Å². The fourth-order valence-corrected chi connectivity index (χ4v) is 6.46. The molecule has 192 valence electrons. The van der Waals surface area contributed by atoms with Gasteiger partial charge in [0, 0.05) is 10.0 Å². The van der Waals surface area contributed by atoms with Crippen LogP contribution in [0.2, 0.25) is 0 Å². The van der Waals surface area contributed by atoms with Crippen LogP contribution in [0.25, 0.3) is 22.2 Å². The van der Waals surface area contributed by atoms with Crippen LogP contribution in [0.1, 0.15) is 15.9 Å². The van der Waals surface area contributed by atoms with Crippen molar-refractivity contribution in [3.8, 4) is 0 Å². The Morgan fingerprint density at radius 3 is 2.13 bits per heavy atom. The highest BCUT2D eigenvalue weighted by Crippen LogP contribution is 2.37. The van der Waals surface area contributed by atoms with Gasteiger partial charge in [-0.3, -0.25) is 4.79 Å². The number of halogens is 1. The third-order valence-electron chi connectivity index (χ3n) is 6.33. The Kier molecular flexibility index (Phi) is 6.46. The van der Waals surface area contributed by atoms with Gasteiger partial charge in [-0.25, -0.2) is 18.4 Å². The first-order valence-electron chi connectivity index (χ1n) is 12.1. The van der Waals surface area contributed by atoms with Gasteiger partial charge in [-0.05, 0) is 48.0 Å². The number of carbonyl (C=O) groups excluding carboxylic acids is 1. The van der Waals surface area contributed by atoms with Gasteiger partial charge in [-0.1, -0.05) is 82.7 Å². The Labute approximate surface area is 233 Å². The molecular weight excluding hydrogens is 576 g/mol. The minimum absolute atomic E-state index is 0.0941. The maximum absolute atomic E-state index is 14.2. The van der Waals surface area contributed by atoms with Crippen molar-refractivity contribution in [2.24, 2.45) is 0 Å². The molecule has 4 aromatic carbocycles. The summed E-state index contributed by atoms with van der Waals surface area (Å²) in [6.07, 6.45) is 0. The zero-order valence-corrected chi connectivity index (χ0v) is 22.9. The Bertz CT molecular complexity index is 1960. The molecule has 0 radical (unpaired) electrons. The van der Waals surface area contributed by atoms with Gasteiger partial charge in [0.25, 0.3) is 5.91 Å². The van der Waals surface area contributed by atoms with Crippen molar-refractivity contribution < 1.29 is 13.2 Å². The summed E-state index contributed by atoms with van der Waals surface area (Å²) in [6.45, 7) is 0.267. The number of nitrogens with one attached hydrogen (secondary N) is 1. The Balaban J connectivity index is 1.67. The molecule has 1 amide bonds. The molecule has 0 aliphatic heterocycles. The molecule has 0 saturated heterocycles. The largest absolute Gasteiger partial charge is 0.307 e. The second kappa shape index (κ2) is 10.1. The third kappa shape index (κ3) is 4.71. The third-order valence-corrected chi connectivity index (χ3v) is 8.64. The van der Waals surface area contributed by atoms with Crippen molar-refractivity contribution >= 4 is 59.7 Å². The maximum atomic E-state index is 14.2. The molecule has 6 aromatic rings. The van der Waals surface area contributed by atoms with Crippen LogP contribution in [0.4, 0.5) is 5.82 Å². The molecule has 2 heterocycles. The molecule has 0 saturated carbocycles. The van der Waals surface area contributed by atoms with E-state index >= 15 is 0 Å². The van der Waals surface area contributed by atoms with Crippen LogP contribution < -0.4 is 5.32 Å². The van der Waals surface area contributed by atoms with E-state index in [0.717, 1.165) is 10.0 Å². The summed E-state index contributed by atoms with van der Waals surface area (Å²) in [5, 5.41) is 2.91. The number of carbonyl (C=O) groups is 1. The Hall–Kier alpha value is -4.34. The summed E-state index contributed by atoms with van der Waals surface area (Å²) >= 11 is 3.40. The van der Waals surface area contributed by atoms with Crippen LogP contribution in [-0.2, 0) is 16.4 Å². The molecule has 1 N–H and O–H groups in total. The molecule has 0 aliphatic carbocycles. The van der Waals surface area contributed by atoms with E-state index < -0.39 is 15.7 Å². The molecule has 7 nitrogen and oxygen atoms in total. The predicted octanol–water partition coefficient (Wildman–Crippen LogP) is 6.48. The molecule has 0 aliphatic rings. The van der Waals surface area contributed by atoms with Gasteiger partial charge in [0.2, 0.25) is 9.84 Å². The van der Waals surface area contributed by atoms with Gasteiger partial charge >= 0.3 is 0 Å². The van der Waals surface area contributed by atoms with Crippen LogP contribution in [-0.4, -0.2) is 28.9 Å². The normalized spacial score (nSPS) is 11.6. The van der Waals surface area contributed by atoms with Crippen molar-refractivity contribution in [3.05, 3.63) is 125 Å². The van der Waals surface area contributed by atoms with Crippen molar-refractivity contribution in [2.75, 3.05) is 5.32 Å². The fourth-order valence-electron chi connectivity index (χ4n) is 4.50. The highest BCUT2D eigenvalue weighted by atomic mass is 79.9. The monoisotopic (exact) mass is 596 g/mol.